The molecule has 2 aromatic rings. The topological polar surface area (TPSA) is 88.1 Å². The lowest BCUT2D eigenvalue weighted by molar-refractivity contribution is 0.599. The van der Waals surface area contributed by atoms with Gasteiger partial charge >= 0.3 is 0 Å². The molecule has 0 amide bonds. The predicted octanol–water partition coefficient (Wildman–Crippen LogP) is 2.15. The number of hydrogen-bond acceptors (Lipinski definition) is 7. The maximum Gasteiger partial charge on any atom is 0.244 e. The van der Waals surface area contributed by atoms with Gasteiger partial charge in [-0.2, -0.15) is 10.1 Å². The first-order valence-corrected chi connectivity index (χ1v) is 10.3. The average Bonchev–Trinajstić information content (AvgIpc) is 2.95. The molecular weight excluding hydrogens is 362 g/mol. The van der Waals surface area contributed by atoms with Gasteiger partial charge in [-0.05, 0) is 25.0 Å². The molecule has 0 bridgehead atoms. The fourth-order valence-electron chi connectivity index (χ4n) is 2.95. The molecule has 9 heteroatoms. The summed E-state index contributed by atoms with van der Waals surface area (Å²) in [4.78, 5) is 6.46. The first kappa shape index (κ1) is 17.9. The van der Waals surface area contributed by atoms with Crippen LogP contribution in [-0.2, 0) is 16.4 Å². The van der Waals surface area contributed by atoms with Gasteiger partial charge < -0.3 is 10.2 Å². The van der Waals surface area contributed by atoms with Crippen molar-refractivity contribution in [2.75, 3.05) is 28.3 Å². The molecule has 1 fully saturated rings. The number of nitrogens with one attached hydrogen (secondary N) is 1. The number of sulfone groups is 1. The standard InChI is InChI=1S/C16H20ClN5O2S/c1-2-22(13-7-8-25(23,24)11-13)15-10-19-21-16(20-15)18-9-12-5-3-4-6-14(12)17/h3-6,10,13H,2,7-9,11H2,1H3,(H,18,20,21). The number of aromatic nitrogens is 3. The molecule has 3 rings (SSSR count). The summed E-state index contributed by atoms with van der Waals surface area (Å²) in [7, 11) is -2.96. The number of anilines is 2. The van der Waals surface area contributed by atoms with E-state index in [1.807, 2.05) is 36.1 Å². The second kappa shape index (κ2) is 7.53. The molecule has 0 aliphatic carbocycles. The van der Waals surface area contributed by atoms with Crippen molar-refractivity contribution >= 4 is 33.2 Å². The Bertz CT molecular complexity index is 846. The van der Waals surface area contributed by atoms with Crippen molar-refractivity contribution < 1.29 is 8.42 Å². The van der Waals surface area contributed by atoms with Crippen molar-refractivity contribution in [3.05, 3.63) is 41.0 Å². The summed E-state index contributed by atoms with van der Waals surface area (Å²) < 4.78 is 23.5. The van der Waals surface area contributed by atoms with E-state index in [1.165, 1.54) is 0 Å². The highest BCUT2D eigenvalue weighted by Crippen LogP contribution is 2.23. The van der Waals surface area contributed by atoms with E-state index >= 15 is 0 Å². The zero-order valence-corrected chi connectivity index (χ0v) is 15.5. The van der Waals surface area contributed by atoms with Crippen molar-refractivity contribution in [1.29, 1.82) is 0 Å². The van der Waals surface area contributed by atoms with Gasteiger partial charge in [0.05, 0.1) is 17.7 Å². The van der Waals surface area contributed by atoms with Gasteiger partial charge in [-0.15, -0.1) is 5.10 Å². The van der Waals surface area contributed by atoms with E-state index in [4.69, 9.17) is 11.6 Å². The van der Waals surface area contributed by atoms with Crippen molar-refractivity contribution in [2.45, 2.75) is 25.9 Å². The molecule has 1 saturated heterocycles. The molecule has 1 aromatic carbocycles. The van der Waals surface area contributed by atoms with Gasteiger partial charge in [-0.25, -0.2) is 8.42 Å². The van der Waals surface area contributed by atoms with E-state index in [0.717, 1.165) is 5.56 Å². The number of halogens is 1. The zero-order chi connectivity index (χ0) is 17.9. The van der Waals surface area contributed by atoms with E-state index in [0.29, 0.717) is 36.3 Å². The van der Waals surface area contributed by atoms with Gasteiger partial charge in [0.2, 0.25) is 5.95 Å². The number of hydrogen-bond donors (Lipinski definition) is 1. The van der Waals surface area contributed by atoms with E-state index in [9.17, 15) is 8.42 Å². The number of rotatable bonds is 6. The minimum atomic E-state index is -2.96. The Balaban J connectivity index is 1.73. The Kier molecular flexibility index (Phi) is 5.39. The van der Waals surface area contributed by atoms with Crippen LogP contribution >= 0.6 is 11.6 Å². The minimum absolute atomic E-state index is 0.0666. The highest BCUT2D eigenvalue weighted by atomic mass is 35.5. The second-order valence-electron chi connectivity index (χ2n) is 5.93. The fraction of sp³-hybridized carbons (Fsp3) is 0.438. The molecule has 1 unspecified atom stereocenters. The molecule has 1 N–H and O–H groups in total. The molecule has 134 valence electrons. The van der Waals surface area contributed by atoms with Gasteiger partial charge in [0.1, 0.15) is 0 Å². The summed E-state index contributed by atoms with van der Waals surface area (Å²) in [6, 6.07) is 7.47. The Hall–Kier alpha value is -1.93. The Labute approximate surface area is 152 Å². The van der Waals surface area contributed by atoms with Gasteiger partial charge in [0.25, 0.3) is 0 Å². The lowest BCUT2D eigenvalue weighted by atomic mass is 10.2. The van der Waals surface area contributed by atoms with E-state index in [-0.39, 0.29) is 17.5 Å². The van der Waals surface area contributed by atoms with Crippen molar-refractivity contribution in [3.63, 3.8) is 0 Å². The van der Waals surface area contributed by atoms with Crippen LogP contribution in [0.15, 0.2) is 30.5 Å². The Morgan fingerprint density at radius 3 is 2.84 bits per heavy atom. The predicted molar refractivity (Wildman–Crippen MR) is 98.7 cm³/mol. The third-order valence-electron chi connectivity index (χ3n) is 4.23. The van der Waals surface area contributed by atoms with Crippen LogP contribution in [0.5, 0.6) is 0 Å². The fourth-order valence-corrected chi connectivity index (χ4v) is 4.89. The zero-order valence-electron chi connectivity index (χ0n) is 13.9. The Morgan fingerprint density at radius 2 is 2.16 bits per heavy atom. The van der Waals surface area contributed by atoms with Gasteiger partial charge in [-0.3, -0.25) is 0 Å². The number of nitrogens with zero attached hydrogens (tertiary/aromatic N) is 4. The number of benzene rings is 1. The van der Waals surface area contributed by atoms with Gasteiger partial charge in [-0.1, -0.05) is 29.8 Å². The lowest BCUT2D eigenvalue weighted by Crippen LogP contribution is -2.37. The van der Waals surface area contributed by atoms with Crippen LogP contribution in [0.1, 0.15) is 18.9 Å². The second-order valence-corrected chi connectivity index (χ2v) is 8.56. The highest BCUT2D eigenvalue weighted by Gasteiger charge is 2.32. The molecule has 1 atom stereocenters. The molecule has 1 aromatic heterocycles. The lowest BCUT2D eigenvalue weighted by Gasteiger charge is -2.27. The highest BCUT2D eigenvalue weighted by molar-refractivity contribution is 7.91. The van der Waals surface area contributed by atoms with Crippen LogP contribution in [0.4, 0.5) is 11.8 Å². The van der Waals surface area contributed by atoms with Crippen molar-refractivity contribution in [3.8, 4) is 0 Å². The van der Waals surface area contributed by atoms with Gasteiger partial charge in [0, 0.05) is 24.2 Å². The van der Waals surface area contributed by atoms with Crippen molar-refractivity contribution in [1.82, 2.24) is 15.2 Å². The normalized spacial score (nSPS) is 18.9. The largest absolute Gasteiger partial charge is 0.351 e. The third-order valence-corrected chi connectivity index (χ3v) is 6.34. The Morgan fingerprint density at radius 1 is 1.36 bits per heavy atom. The third kappa shape index (κ3) is 4.38. The molecule has 1 aliphatic rings. The van der Waals surface area contributed by atoms with Crippen LogP contribution in [0.2, 0.25) is 5.02 Å². The average molecular weight is 382 g/mol. The molecule has 2 heterocycles. The van der Waals surface area contributed by atoms with Crippen LogP contribution in [0, 0.1) is 0 Å². The maximum absolute atomic E-state index is 11.8. The first-order chi connectivity index (χ1) is 12.0. The van der Waals surface area contributed by atoms with Crippen LogP contribution < -0.4 is 10.2 Å². The van der Waals surface area contributed by atoms with E-state index in [2.05, 4.69) is 20.5 Å². The molecular formula is C16H20ClN5O2S. The summed E-state index contributed by atoms with van der Waals surface area (Å²) in [6.45, 7) is 3.11. The molecule has 0 spiro atoms. The summed E-state index contributed by atoms with van der Waals surface area (Å²) in [5.41, 5.74) is 0.937. The van der Waals surface area contributed by atoms with Crippen molar-refractivity contribution in [2.24, 2.45) is 0 Å². The smallest absolute Gasteiger partial charge is 0.244 e. The molecule has 25 heavy (non-hydrogen) atoms. The first-order valence-electron chi connectivity index (χ1n) is 8.12. The molecule has 7 nitrogen and oxygen atoms in total. The van der Waals surface area contributed by atoms with Crippen LogP contribution in [-0.4, -0.2) is 47.7 Å². The molecule has 0 saturated carbocycles. The monoisotopic (exact) mass is 381 g/mol. The minimum Gasteiger partial charge on any atom is -0.351 e. The van der Waals surface area contributed by atoms with Crippen LogP contribution in [0.25, 0.3) is 0 Å². The molecule has 1 aliphatic heterocycles. The SMILES string of the molecule is CCN(c1cnnc(NCc2ccccc2Cl)n1)C1CCS(=O)(=O)C1. The summed E-state index contributed by atoms with van der Waals surface area (Å²) >= 11 is 6.15. The summed E-state index contributed by atoms with van der Waals surface area (Å²) in [5.74, 6) is 1.40. The van der Waals surface area contributed by atoms with Crippen LogP contribution in [0.3, 0.4) is 0 Å². The maximum atomic E-state index is 11.8. The van der Waals surface area contributed by atoms with Gasteiger partial charge in [0.15, 0.2) is 15.7 Å². The molecule has 0 radical (unpaired) electrons. The quantitative estimate of drug-likeness (QED) is 0.820. The van der Waals surface area contributed by atoms with E-state index < -0.39 is 9.84 Å². The van der Waals surface area contributed by atoms with E-state index in [1.54, 1.807) is 6.20 Å². The summed E-state index contributed by atoms with van der Waals surface area (Å²) in [5, 5.41) is 11.8. The summed E-state index contributed by atoms with van der Waals surface area (Å²) in [6.07, 6.45) is 2.18.